The Bertz CT molecular complexity index is 411. The standard InChI is InChI=1S/C14H18O2S/c1-11-9-13(10-15)6-7-14(11)5-3-4-8-17-12(2)16/h3,5-7,9,15H,4,8,10H2,1-2H3. The molecule has 17 heavy (non-hydrogen) atoms. The summed E-state index contributed by atoms with van der Waals surface area (Å²) in [6.45, 7) is 3.70. The second-order valence-electron chi connectivity index (χ2n) is 3.88. The van der Waals surface area contributed by atoms with Crippen molar-refractivity contribution in [2.24, 2.45) is 0 Å². The van der Waals surface area contributed by atoms with Gasteiger partial charge in [-0.2, -0.15) is 0 Å². The highest BCUT2D eigenvalue weighted by atomic mass is 32.2. The van der Waals surface area contributed by atoms with E-state index in [0.29, 0.717) is 0 Å². The zero-order valence-electron chi connectivity index (χ0n) is 10.3. The zero-order chi connectivity index (χ0) is 12.7. The first-order valence-corrected chi connectivity index (χ1v) is 6.62. The highest BCUT2D eigenvalue weighted by Gasteiger charge is 1.96. The van der Waals surface area contributed by atoms with E-state index in [1.807, 2.05) is 25.1 Å². The Kier molecular flexibility index (Phi) is 6.01. The minimum absolute atomic E-state index is 0.0834. The number of aliphatic hydroxyl groups is 1. The molecule has 0 fully saturated rings. The van der Waals surface area contributed by atoms with E-state index in [0.717, 1.165) is 28.9 Å². The Balaban J connectivity index is 2.50. The van der Waals surface area contributed by atoms with Crippen LogP contribution in [0.15, 0.2) is 24.3 Å². The van der Waals surface area contributed by atoms with E-state index >= 15 is 0 Å². The quantitative estimate of drug-likeness (QED) is 0.816. The maximum atomic E-state index is 10.7. The van der Waals surface area contributed by atoms with E-state index in [2.05, 4.69) is 12.2 Å². The van der Waals surface area contributed by atoms with Crippen molar-refractivity contribution in [3.63, 3.8) is 0 Å². The summed E-state index contributed by atoms with van der Waals surface area (Å²) in [5, 5.41) is 9.17. The molecule has 0 amide bonds. The van der Waals surface area contributed by atoms with Crippen molar-refractivity contribution >= 4 is 23.0 Å². The third kappa shape index (κ3) is 5.20. The summed E-state index contributed by atoms with van der Waals surface area (Å²) in [4.78, 5) is 10.7. The number of carbonyl (C=O) groups is 1. The van der Waals surface area contributed by atoms with Crippen LogP contribution in [-0.4, -0.2) is 16.0 Å². The molecule has 0 saturated heterocycles. The Labute approximate surface area is 107 Å². The normalized spacial score (nSPS) is 11.0. The molecule has 2 nitrogen and oxygen atoms in total. The lowest BCUT2D eigenvalue weighted by atomic mass is 10.0. The predicted octanol–water partition coefficient (Wildman–Crippen LogP) is 3.17. The number of hydrogen-bond donors (Lipinski definition) is 1. The van der Waals surface area contributed by atoms with Crippen LogP contribution in [0.5, 0.6) is 0 Å². The lowest BCUT2D eigenvalue weighted by Crippen LogP contribution is -1.87. The Morgan fingerprint density at radius 2 is 2.24 bits per heavy atom. The molecule has 0 aliphatic heterocycles. The van der Waals surface area contributed by atoms with Gasteiger partial charge in [-0.1, -0.05) is 42.1 Å². The monoisotopic (exact) mass is 250 g/mol. The molecule has 0 unspecified atom stereocenters. The van der Waals surface area contributed by atoms with Crippen LogP contribution in [0.25, 0.3) is 6.08 Å². The number of aliphatic hydroxyl groups excluding tert-OH is 1. The van der Waals surface area contributed by atoms with Crippen molar-refractivity contribution in [2.75, 3.05) is 5.75 Å². The predicted molar refractivity (Wildman–Crippen MR) is 73.9 cm³/mol. The highest BCUT2D eigenvalue weighted by Crippen LogP contribution is 2.13. The van der Waals surface area contributed by atoms with Crippen LogP contribution in [0.1, 0.15) is 30.0 Å². The smallest absolute Gasteiger partial charge is 0.185 e. The van der Waals surface area contributed by atoms with E-state index in [1.165, 1.54) is 11.8 Å². The van der Waals surface area contributed by atoms with Crippen molar-refractivity contribution in [1.82, 2.24) is 0 Å². The number of hydrogen-bond acceptors (Lipinski definition) is 3. The van der Waals surface area contributed by atoms with Gasteiger partial charge < -0.3 is 5.11 Å². The molecule has 1 rings (SSSR count). The molecule has 0 atom stereocenters. The fourth-order valence-electron chi connectivity index (χ4n) is 1.50. The van der Waals surface area contributed by atoms with Gasteiger partial charge in [0.25, 0.3) is 0 Å². The fraction of sp³-hybridized carbons (Fsp3) is 0.357. The fourth-order valence-corrected chi connectivity index (χ4v) is 2.05. The summed E-state index contributed by atoms with van der Waals surface area (Å²) >= 11 is 1.35. The molecule has 0 radical (unpaired) electrons. The van der Waals surface area contributed by atoms with Gasteiger partial charge in [-0.3, -0.25) is 4.79 Å². The molecule has 1 aromatic rings. The van der Waals surface area contributed by atoms with Gasteiger partial charge in [0.15, 0.2) is 5.12 Å². The SMILES string of the molecule is CC(=O)SCCC=Cc1ccc(CO)cc1C. The van der Waals surface area contributed by atoms with Crippen LogP contribution in [0.2, 0.25) is 0 Å². The second kappa shape index (κ2) is 7.30. The molecule has 0 heterocycles. The van der Waals surface area contributed by atoms with Crippen molar-refractivity contribution in [1.29, 1.82) is 0 Å². The van der Waals surface area contributed by atoms with Gasteiger partial charge in [0.05, 0.1) is 6.61 Å². The molecule has 0 bridgehead atoms. The van der Waals surface area contributed by atoms with Crippen molar-refractivity contribution in [3.05, 3.63) is 41.0 Å². The largest absolute Gasteiger partial charge is 0.392 e. The zero-order valence-corrected chi connectivity index (χ0v) is 11.1. The van der Waals surface area contributed by atoms with E-state index in [1.54, 1.807) is 6.92 Å². The van der Waals surface area contributed by atoms with Gasteiger partial charge in [-0.05, 0) is 30.0 Å². The summed E-state index contributed by atoms with van der Waals surface area (Å²) in [5.41, 5.74) is 3.26. The Morgan fingerprint density at radius 3 is 2.82 bits per heavy atom. The molecule has 92 valence electrons. The molecule has 0 aromatic heterocycles. The minimum atomic E-state index is 0.0834. The molecular formula is C14H18O2S. The lowest BCUT2D eigenvalue weighted by Gasteiger charge is -2.02. The molecule has 1 aromatic carbocycles. The van der Waals surface area contributed by atoms with Gasteiger partial charge >= 0.3 is 0 Å². The first-order valence-electron chi connectivity index (χ1n) is 5.63. The number of benzene rings is 1. The molecule has 1 N–H and O–H groups in total. The first kappa shape index (κ1) is 14.0. The van der Waals surface area contributed by atoms with Crippen LogP contribution in [0.4, 0.5) is 0 Å². The van der Waals surface area contributed by atoms with Crippen LogP contribution in [0, 0.1) is 6.92 Å². The van der Waals surface area contributed by atoms with Crippen LogP contribution < -0.4 is 0 Å². The first-order chi connectivity index (χ1) is 8.13. The molecule has 0 saturated carbocycles. The molecule has 0 aliphatic rings. The van der Waals surface area contributed by atoms with Crippen molar-refractivity contribution in [2.45, 2.75) is 26.9 Å². The van der Waals surface area contributed by atoms with Crippen molar-refractivity contribution < 1.29 is 9.90 Å². The highest BCUT2D eigenvalue weighted by molar-refractivity contribution is 8.13. The number of thioether (sulfide) groups is 1. The number of allylic oxidation sites excluding steroid dienone is 1. The maximum absolute atomic E-state index is 10.7. The van der Waals surface area contributed by atoms with Gasteiger partial charge in [0.2, 0.25) is 0 Å². The molecule has 0 spiro atoms. The summed E-state index contributed by atoms with van der Waals surface area (Å²) in [6.07, 6.45) is 5.04. The number of aryl methyl sites for hydroxylation is 1. The average molecular weight is 250 g/mol. The van der Waals surface area contributed by atoms with Gasteiger partial charge in [0.1, 0.15) is 0 Å². The number of carbonyl (C=O) groups excluding carboxylic acids is 1. The van der Waals surface area contributed by atoms with E-state index in [-0.39, 0.29) is 11.7 Å². The van der Waals surface area contributed by atoms with Crippen LogP contribution in [-0.2, 0) is 11.4 Å². The second-order valence-corrected chi connectivity index (χ2v) is 5.15. The van der Waals surface area contributed by atoms with Crippen LogP contribution in [0.3, 0.4) is 0 Å². The van der Waals surface area contributed by atoms with Crippen LogP contribution >= 0.6 is 11.8 Å². The van der Waals surface area contributed by atoms with Gasteiger partial charge in [0, 0.05) is 12.7 Å². The summed E-state index contributed by atoms with van der Waals surface area (Å²) in [6, 6.07) is 5.93. The molecule has 0 aliphatic carbocycles. The van der Waals surface area contributed by atoms with Crippen molar-refractivity contribution in [3.8, 4) is 0 Å². The summed E-state index contributed by atoms with van der Waals surface area (Å²) in [5.74, 6) is 0.833. The average Bonchev–Trinajstić information content (AvgIpc) is 2.30. The Morgan fingerprint density at radius 1 is 1.47 bits per heavy atom. The third-order valence-electron chi connectivity index (χ3n) is 2.40. The van der Waals surface area contributed by atoms with Gasteiger partial charge in [-0.15, -0.1) is 0 Å². The van der Waals surface area contributed by atoms with E-state index < -0.39 is 0 Å². The Hall–Kier alpha value is -1.06. The summed E-state index contributed by atoms with van der Waals surface area (Å²) < 4.78 is 0. The number of rotatable bonds is 5. The third-order valence-corrected chi connectivity index (χ3v) is 3.25. The topological polar surface area (TPSA) is 37.3 Å². The summed E-state index contributed by atoms with van der Waals surface area (Å²) in [7, 11) is 0. The van der Waals surface area contributed by atoms with Gasteiger partial charge in [-0.25, -0.2) is 0 Å². The maximum Gasteiger partial charge on any atom is 0.185 e. The lowest BCUT2D eigenvalue weighted by molar-refractivity contribution is -0.109. The van der Waals surface area contributed by atoms with E-state index in [9.17, 15) is 4.79 Å². The molecular weight excluding hydrogens is 232 g/mol. The molecule has 3 heteroatoms. The minimum Gasteiger partial charge on any atom is -0.392 e. The van der Waals surface area contributed by atoms with E-state index in [4.69, 9.17) is 5.11 Å².